The topological polar surface area (TPSA) is 6.48 Å². The quantitative estimate of drug-likeness (QED) is 0.675. The van der Waals surface area contributed by atoms with Gasteiger partial charge >= 0.3 is 0 Å². The second kappa shape index (κ2) is 3.71. The Bertz CT molecular complexity index is 259. The Labute approximate surface area is 101 Å². The van der Waals surface area contributed by atoms with E-state index in [0.29, 0.717) is 11.0 Å². The van der Waals surface area contributed by atoms with Crippen LogP contribution in [0, 0.1) is 5.41 Å². The van der Waals surface area contributed by atoms with Gasteiger partial charge in [0.15, 0.2) is 0 Å². The Hall–Kier alpha value is -0.0800. The number of nitrogens with zero attached hydrogens (tertiary/aromatic N) is 2. The number of piperazine rings is 1. The molecule has 0 aromatic rings. The van der Waals surface area contributed by atoms with Gasteiger partial charge in [-0.2, -0.15) is 0 Å². The molecule has 2 fully saturated rings. The summed E-state index contributed by atoms with van der Waals surface area (Å²) in [5.41, 5.74) is 0.796. The van der Waals surface area contributed by atoms with Gasteiger partial charge in [0.05, 0.1) is 0 Å². The Morgan fingerprint density at radius 3 is 1.94 bits per heavy atom. The van der Waals surface area contributed by atoms with Crippen LogP contribution in [0.5, 0.6) is 0 Å². The summed E-state index contributed by atoms with van der Waals surface area (Å²) >= 11 is 0. The smallest absolute Gasteiger partial charge is 0.0244 e. The van der Waals surface area contributed by atoms with Crippen LogP contribution in [-0.4, -0.2) is 47.1 Å². The van der Waals surface area contributed by atoms with Crippen LogP contribution in [0.4, 0.5) is 0 Å². The van der Waals surface area contributed by atoms with Gasteiger partial charge in [-0.1, -0.05) is 20.8 Å². The Morgan fingerprint density at radius 2 is 1.56 bits per heavy atom. The molecule has 2 aliphatic heterocycles. The van der Waals surface area contributed by atoms with Gasteiger partial charge in [-0.25, -0.2) is 0 Å². The van der Waals surface area contributed by atoms with E-state index in [4.69, 9.17) is 0 Å². The Kier molecular flexibility index (Phi) is 2.87. The van der Waals surface area contributed by atoms with Gasteiger partial charge in [-0.15, -0.1) is 0 Å². The van der Waals surface area contributed by atoms with Crippen LogP contribution >= 0.6 is 0 Å². The minimum atomic E-state index is 0.354. The van der Waals surface area contributed by atoms with Crippen LogP contribution in [0.15, 0.2) is 0 Å². The summed E-state index contributed by atoms with van der Waals surface area (Å²) in [6, 6.07) is 1.63. The first-order valence-corrected chi connectivity index (χ1v) is 6.68. The second-order valence-electron chi connectivity index (χ2n) is 7.86. The van der Waals surface area contributed by atoms with Gasteiger partial charge < -0.3 is 0 Å². The molecular formula is C14H28N2. The Morgan fingerprint density at radius 1 is 0.938 bits per heavy atom. The Balaban J connectivity index is 1.96. The minimum Gasteiger partial charge on any atom is -0.297 e. The van der Waals surface area contributed by atoms with Gasteiger partial charge in [0.2, 0.25) is 0 Å². The highest BCUT2D eigenvalue weighted by Crippen LogP contribution is 2.36. The first kappa shape index (κ1) is 12.4. The van der Waals surface area contributed by atoms with Crippen LogP contribution < -0.4 is 0 Å². The van der Waals surface area contributed by atoms with Crippen molar-refractivity contribution in [3.8, 4) is 0 Å². The van der Waals surface area contributed by atoms with E-state index in [0.717, 1.165) is 12.1 Å². The molecule has 2 heterocycles. The molecule has 0 N–H and O–H groups in total. The number of hydrogen-bond acceptors (Lipinski definition) is 2. The minimum absolute atomic E-state index is 0.354. The van der Waals surface area contributed by atoms with E-state index in [-0.39, 0.29) is 0 Å². The highest BCUT2D eigenvalue weighted by atomic mass is 15.4. The monoisotopic (exact) mass is 224 g/mol. The fourth-order valence-electron chi connectivity index (χ4n) is 3.37. The fourth-order valence-corrected chi connectivity index (χ4v) is 3.37. The van der Waals surface area contributed by atoms with Crippen LogP contribution in [0.1, 0.15) is 48.0 Å². The molecule has 2 unspecified atom stereocenters. The van der Waals surface area contributed by atoms with E-state index in [1.54, 1.807) is 0 Å². The number of hydrogen-bond donors (Lipinski definition) is 0. The van der Waals surface area contributed by atoms with Crippen LogP contribution in [0.3, 0.4) is 0 Å². The lowest BCUT2D eigenvalue weighted by molar-refractivity contribution is 0.0443. The van der Waals surface area contributed by atoms with Crippen molar-refractivity contribution in [2.75, 3.05) is 19.6 Å². The molecule has 0 aromatic carbocycles. The molecule has 0 aliphatic carbocycles. The largest absolute Gasteiger partial charge is 0.297 e. The molecule has 16 heavy (non-hydrogen) atoms. The van der Waals surface area contributed by atoms with Crippen molar-refractivity contribution in [2.24, 2.45) is 5.41 Å². The summed E-state index contributed by atoms with van der Waals surface area (Å²) < 4.78 is 0. The standard InChI is InChI=1S/C14H28N2/c1-13(2,3)10-15-8-12-7-11(15)9-16(12)14(4,5)6/h11-12H,7-10H2,1-6H3. The predicted molar refractivity (Wildman–Crippen MR) is 69.7 cm³/mol. The van der Waals surface area contributed by atoms with Crippen molar-refractivity contribution >= 4 is 0 Å². The van der Waals surface area contributed by atoms with Crippen molar-refractivity contribution < 1.29 is 0 Å². The molecule has 2 atom stereocenters. The predicted octanol–water partition coefficient (Wildman–Crippen LogP) is 2.59. The third-order valence-electron chi connectivity index (χ3n) is 3.89. The molecule has 2 saturated heterocycles. The lowest BCUT2D eigenvalue weighted by Crippen LogP contribution is -2.54. The van der Waals surface area contributed by atoms with Crippen molar-refractivity contribution in [1.29, 1.82) is 0 Å². The molecular weight excluding hydrogens is 196 g/mol. The maximum Gasteiger partial charge on any atom is 0.0244 e. The molecule has 0 aromatic heterocycles. The summed E-state index contributed by atoms with van der Waals surface area (Å²) in [6.07, 6.45) is 1.40. The normalized spacial score (nSPS) is 32.6. The third-order valence-corrected chi connectivity index (χ3v) is 3.89. The van der Waals surface area contributed by atoms with Gasteiger partial charge in [0, 0.05) is 37.3 Å². The zero-order valence-corrected chi connectivity index (χ0v) is 11.9. The summed E-state index contributed by atoms with van der Waals surface area (Å²) in [6.45, 7) is 17.9. The highest BCUT2D eigenvalue weighted by Gasteiger charge is 2.47. The zero-order valence-electron chi connectivity index (χ0n) is 11.9. The van der Waals surface area contributed by atoms with E-state index in [1.165, 1.54) is 26.1 Å². The van der Waals surface area contributed by atoms with Gasteiger partial charge in [-0.3, -0.25) is 9.80 Å². The van der Waals surface area contributed by atoms with Crippen LogP contribution in [0.25, 0.3) is 0 Å². The summed E-state index contributed by atoms with van der Waals surface area (Å²) in [4.78, 5) is 5.42. The maximum absolute atomic E-state index is 2.72. The number of likely N-dealkylation sites (tertiary alicyclic amines) is 2. The summed E-state index contributed by atoms with van der Waals surface area (Å²) in [5.74, 6) is 0. The lowest BCUT2D eigenvalue weighted by Gasteiger charge is -2.43. The third kappa shape index (κ3) is 2.43. The van der Waals surface area contributed by atoms with Crippen LogP contribution in [-0.2, 0) is 0 Å². The summed E-state index contributed by atoms with van der Waals surface area (Å²) in [5, 5.41) is 0. The molecule has 2 nitrogen and oxygen atoms in total. The van der Waals surface area contributed by atoms with E-state index in [9.17, 15) is 0 Å². The fraction of sp³-hybridized carbons (Fsp3) is 1.00. The van der Waals surface area contributed by atoms with Crippen LogP contribution in [0.2, 0.25) is 0 Å². The second-order valence-corrected chi connectivity index (χ2v) is 7.86. The number of rotatable bonds is 1. The first-order chi connectivity index (χ1) is 7.17. The zero-order chi connectivity index (χ0) is 12.1. The molecule has 2 heteroatoms. The van der Waals surface area contributed by atoms with Crippen molar-refractivity contribution in [1.82, 2.24) is 9.80 Å². The van der Waals surface area contributed by atoms with Crippen molar-refractivity contribution in [3.63, 3.8) is 0 Å². The van der Waals surface area contributed by atoms with E-state index in [1.807, 2.05) is 0 Å². The van der Waals surface area contributed by atoms with Gasteiger partial charge in [0.25, 0.3) is 0 Å². The molecule has 0 amide bonds. The maximum atomic E-state index is 2.72. The molecule has 2 bridgehead atoms. The van der Waals surface area contributed by atoms with E-state index >= 15 is 0 Å². The number of fused-ring (bicyclic) bond motifs is 2. The average molecular weight is 224 g/mol. The average Bonchev–Trinajstić information content (AvgIpc) is 2.56. The SMILES string of the molecule is CC(C)(C)CN1CC2CC1CN2C(C)(C)C. The lowest BCUT2D eigenvalue weighted by atomic mass is 9.95. The molecule has 0 saturated carbocycles. The van der Waals surface area contributed by atoms with Gasteiger partial charge in [-0.05, 0) is 32.6 Å². The summed E-state index contributed by atoms with van der Waals surface area (Å²) in [7, 11) is 0. The molecule has 2 aliphatic rings. The van der Waals surface area contributed by atoms with Gasteiger partial charge in [0.1, 0.15) is 0 Å². The molecule has 94 valence electrons. The van der Waals surface area contributed by atoms with E-state index < -0.39 is 0 Å². The van der Waals surface area contributed by atoms with E-state index in [2.05, 4.69) is 51.3 Å². The van der Waals surface area contributed by atoms with Crippen molar-refractivity contribution in [2.45, 2.75) is 65.6 Å². The molecule has 0 spiro atoms. The molecule has 0 radical (unpaired) electrons. The first-order valence-electron chi connectivity index (χ1n) is 6.68. The highest BCUT2D eigenvalue weighted by molar-refractivity contribution is 5.03. The molecule has 2 rings (SSSR count). The van der Waals surface area contributed by atoms with Crippen molar-refractivity contribution in [3.05, 3.63) is 0 Å².